The molecular weight excluding hydrogens is 180 g/mol. The van der Waals surface area contributed by atoms with Crippen LogP contribution >= 0.6 is 0 Å². The molecule has 15 heavy (non-hydrogen) atoms. The van der Waals surface area contributed by atoms with E-state index in [4.69, 9.17) is 0 Å². The maximum Gasteiger partial charge on any atom is -0.0172 e. The summed E-state index contributed by atoms with van der Waals surface area (Å²) in [7, 11) is 0. The highest BCUT2D eigenvalue weighted by molar-refractivity contribution is 5.10. The minimum atomic E-state index is 0.422. The Morgan fingerprint density at radius 2 is 1.67 bits per heavy atom. The molecule has 3 unspecified atom stereocenters. The van der Waals surface area contributed by atoms with Gasteiger partial charge in [0.05, 0.1) is 0 Å². The van der Waals surface area contributed by atoms with Crippen molar-refractivity contribution in [2.24, 2.45) is 23.2 Å². The second kappa shape index (κ2) is 4.15. The van der Waals surface area contributed by atoms with Crippen LogP contribution in [0.5, 0.6) is 0 Å². The second-order valence-electron chi connectivity index (χ2n) is 6.21. The van der Waals surface area contributed by atoms with Crippen molar-refractivity contribution >= 4 is 0 Å². The topological polar surface area (TPSA) is 0 Å². The van der Waals surface area contributed by atoms with Gasteiger partial charge in [-0.05, 0) is 49.9 Å². The van der Waals surface area contributed by atoms with Gasteiger partial charge < -0.3 is 0 Å². The van der Waals surface area contributed by atoms with Crippen LogP contribution < -0.4 is 0 Å². The Labute approximate surface area is 95.5 Å². The zero-order chi connectivity index (χ0) is 11.8. The molecule has 0 bridgehead atoms. The van der Waals surface area contributed by atoms with Gasteiger partial charge in [0.1, 0.15) is 0 Å². The van der Waals surface area contributed by atoms with Crippen molar-refractivity contribution < 1.29 is 0 Å². The van der Waals surface area contributed by atoms with E-state index in [1.54, 1.807) is 0 Å². The van der Waals surface area contributed by atoms with Crippen LogP contribution in [0.1, 0.15) is 47.5 Å². The fourth-order valence-electron chi connectivity index (χ4n) is 2.96. The average Bonchev–Trinajstić information content (AvgIpc) is 2.08. The van der Waals surface area contributed by atoms with Crippen LogP contribution in [0.3, 0.4) is 0 Å². The lowest BCUT2D eigenvalue weighted by Gasteiger charge is -2.46. The molecule has 0 heteroatoms. The molecule has 0 aromatic rings. The molecule has 1 fully saturated rings. The van der Waals surface area contributed by atoms with E-state index in [0.29, 0.717) is 17.3 Å². The quantitative estimate of drug-likeness (QED) is 0.568. The van der Waals surface area contributed by atoms with E-state index in [2.05, 4.69) is 47.8 Å². The molecule has 0 saturated heterocycles. The van der Waals surface area contributed by atoms with Gasteiger partial charge in [0, 0.05) is 0 Å². The molecule has 0 aliphatic heterocycles. The van der Waals surface area contributed by atoms with Gasteiger partial charge in [-0.25, -0.2) is 0 Å². The lowest BCUT2D eigenvalue weighted by Crippen LogP contribution is -2.37. The Balaban J connectivity index is 2.91. The molecule has 3 atom stereocenters. The highest BCUT2D eigenvalue weighted by atomic mass is 14.4. The van der Waals surface area contributed by atoms with Crippen molar-refractivity contribution in [1.29, 1.82) is 0 Å². The van der Waals surface area contributed by atoms with Crippen LogP contribution in [0.25, 0.3) is 0 Å². The van der Waals surface area contributed by atoms with E-state index in [0.717, 1.165) is 5.92 Å². The molecule has 0 aromatic heterocycles. The van der Waals surface area contributed by atoms with Gasteiger partial charge in [-0.3, -0.25) is 0 Å². The number of allylic oxidation sites excluding steroid dienone is 2. The van der Waals surface area contributed by atoms with Crippen LogP contribution in [-0.2, 0) is 0 Å². The van der Waals surface area contributed by atoms with E-state index in [1.807, 2.05) is 0 Å². The summed E-state index contributed by atoms with van der Waals surface area (Å²) < 4.78 is 0. The molecule has 86 valence electrons. The summed E-state index contributed by atoms with van der Waals surface area (Å²) in [5.41, 5.74) is 3.12. The number of hydrogen-bond donors (Lipinski definition) is 0. The molecular formula is C15H26. The highest BCUT2D eigenvalue weighted by Crippen LogP contribution is 2.49. The van der Waals surface area contributed by atoms with Gasteiger partial charge in [-0.15, -0.1) is 0 Å². The summed E-state index contributed by atoms with van der Waals surface area (Å²) in [6.07, 6.45) is 2.54. The van der Waals surface area contributed by atoms with E-state index >= 15 is 0 Å². The van der Waals surface area contributed by atoms with Crippen LogP contribution in [0.4, 0.5) is 0 Å². The van der Waals surface area contributed by atoms with E-state index < -0.39 is 0 Å². The minimum absolute atomic E-state index is 0.422. The third-order valence-corrected chi connectivity index (χ3v) is 4.48. The first-order valence-electron chi connectivity index (χ1n) is 6.06. The average molecular weight is 206 g/mol. The number of hydrogen-bond acceptors (Lipinski definition) is 0. The fourth-order valence-corrected chi connectivity index (χ4v) is 2.96. The summed E-state index contributed by atoms with van der Waals surface area (Å²) in [6.45, 7) is 19.8. The summed E-state index contributed by atoms with van der Waals surface area (Å²) >= 11 is 0. The summed E-state index contributed by atoms with van der Waals surface area (Å²) in [5.74, 6) is 2.11. The second-order valence-corrected chi connectivity index (χ2v) is 6.21. The Morgan fingerprint density at radius 1 is 1.13 bits per heavy atom. The van der Waals surface area contributed by atoms with Gasteiger partial charge in [-0.2, -0.15) is 0 Å². The first kappa shape index (κ1) is 12.5. The largest absolute Gasteiger partial charge is 0.0999 e. The monoisotopic (exact) mass is 206 g/mol. The van der Waals surface area contributed by atoms with Gasteiger partial charge in [0.2, 0.25) is 0 Å². The van der Waals surface area contributed by atoms with E-state index in [1.165, 1.54) is 24.0 Å². The van der Waals surface area contributed by atoms with E-state index in [9.17, 15) is 0 Å². The summed E-state index contributed by atoms with van der Waals surface area (Å²) in [5, 5.41) is 0. The molecule has 0 nitrogen and oxygen atoms in total. The standard InChI is InChI=1S/C15H26/c1-10(2)13-8-14(11(3)4)12(5)15(6,7)9-13/h12-14H,1,3,8-9H2,2,4-7H3. The first-order chi connectivity index (χ1) is 6.75. The Bertz CT molecular complexity index is 270. The molecule has 0 aromatic carbocycles. The molecule has 0 amide bonds. The molecule has 1 aliphatic rings. The Hall–Kier alpha value is -0.520. The van der Waals surface area contributed by atoms with Gasteiger partial charge >= 0.3 is 0 Å². The van der Waals surface area contributed by atoms with Crippen LogP contribution in [0, 0.1) is 23.2 Å². The third-order valence-electron chi connectivity index (χ3n) is 4.48. The number of rotatable bonds is 2. The smallest absolute Gasteiger partial charge is 0.0172 e. The van der Waals surface area contributed by atoms with Crippen LogP contribution in [0.15, 0.2) is 24.3 Å². The minimum Gasteiger partial charge on any atom is -0.0999 e. The molecule has 1 rings (SSSR count). The Morgan fingerprint density at radius 3 is 2.07 bits per heavy atom. The predicted octanol–water partition coefficient (Wildman–Crippen LogP) is 4.83. The zero-order valence-electron chi connectivity index (χ0n) is 11.1. The van der Waals surface area contributed by atoms with Crippen molar-refractivity contribution in [3.63, 3.8) is 0 Å². The molecule has 0 radical (unpaired) electrons. The van der Waals surface area contributed by atoms with Gasteiger partial charge in [0.25, 0.3) is 0 Å². The maximum atomic E-state index is 4.16. The normalized spacial score (nSPS) is 34.9. The lowest BCUT2D eigenvalue weighted by molar-refractivity contribution is 0.0785. The molecule has 0 spiro atoms. The van der Waals surface area contributed by atoms with Crippen molar-refractivity contribution in [3.05, 3.63) is 24.3 Å². The first-order valence-corrected chi connectivity index (χ1v) is 6.06. The van der Waals surface area contributed by atoms with Crippen LogP contribution in [-0.4, -0.2) is 0 Å². The summed E-state index contributed by atoms with van der Waals surface area (Å²) in [6, 6.07) is 0. The van der Waals surface area contributed by atoms with Crippen LogP contribution in [0.2, 0.25) is 0 Å². The predicted molar refractivity (Wildman–Crippen MR) is 68.8 cm³/mol. The van der Waals surface area contributed by atoms with Gasteiger partial charge in [0.15, 0.2) is 0 Å². The van der Waals surface area contributed by atoms with E-state index in [-0.39, 0.29) is 0 Å². The fraction of sp³-hybridized carbons (Fsp3) is 0.733. The lowest BCUT2D eigenvalue weighted by atomic mass is 9.58. The molecule has 1 aliphatic carbocycles. The molecule has 0 N–H and O–H groups in total. The Kier molecular flexibility index (Phi) is 3.48. The molecule has 0 heterocycles. The highest BCUT2D eigenvalue weighted by Gasteiger charge is 2.40. The van der Waals surface area contributed by atoms with Gasteiger partial charge in [-0.1, -0.05) is 45.1 Å². The van der Waals surface area contributed by atoms with Crippen molar-refractivity contribution in [2.75, 3.05) is 0 Å². The SMILES string of the molecule is C=C(C)C1CC(C(=C)C)C(C)C(C)(C)C1. The van der Waals surface area contributed by atoms with Crippen molar-refractivity contribution in [3.8, 4) is 0 Å². The zero-order valence-corrected chi connectivity index (χ0v) is 11.1. The summed E-state index contributed by atoms with van der Waals surface area (Å²) in [4.78, 5) is 0. The molecule has 1 saturated carbocycles. The third kappa shape index (κ3) is 2.53. The van der Waals surface area contributed by atoms with Crippen molar-refractivity contribution in [1.82, 2.24) is 0 Å². The van der Waals surface area contributed by atoms with Crippen molar-refractivity contribution in [2.45, 2.75) is 47.5 Å². The maximum absolute atomic E-state index is 4.16.